The fourth-order valence-electron chi connectivity index (χ4n) is 17.7. The van der Waals surface area contributed by atoms with Gasteiger partial charge in [0.25, 0.3) is 0 Å². The lowest BCUT2D eigenvalue weighted by molar-refractivity contribution is -0.385. The molecule has 0 unspecified atom stereocenters. The van der Waals surface area contributed by atoms with Crippen LogP contribution < -0.4 is 59.8 Å². The van der Waals surface area contributed by atoms with Gasteiger partial charge in [-0.2, -0.15) is 0 Å². The zero-order valence-corrected chi connectivity index (χ0v) is 74.1. The van der Waals surface area contributed by atoms with Crippen LogP contribution >= 0.6 is 0 Å². The maximum absolute atomic E-state index is 11.0. The fourth-order valence-corrected chi connectivity index (χ4v) is 17.7. The maximum atomic E-state index is 11.0. The number of rotatable bonds is 23. The van der Waals surface area contributed by atoms with Gasteiger partial charge in [0.15, 0.2) is 0 Å². The summed E-state index contributed by atoms with van der Waals surface area (Å²) < 4.78 is 47.9. The van der Waals surface area contributed by atoms with Crippen molar-refractivity contribution in [2.45, 2.75) is 178 Å². The van der Waals surface area contributed by atoms with Gasteiger partial charge in [0.1, 0.15) is 74.9 Å². The zero-order chi connectivity index (χ0) is 89.8. The number of aryl methyl sites for hydroxylation is 1. The third-order valence-corrected chi connectivity index (χ3v) is 25.0. The summed E-state index contributed by atoms with van der Waals surface area (Å²) in [6, 6.07) is 25.1. The normalized spacial score (nSPS) is 21.3. The summed E-state index contributed by atoms with van der Waals surface area (Å²) in [6.07, 6.45) is 38.6. The van der Waals surface area contributed by atoms with Crippen LogP contribution in [0.1, 0.15) is 138 Å². The number of pyridine rings is 2. The number of carboxylic acids is 1. The second kappa shape index (κ2) is 43.1. The lowest BCUT2D eigenvalue weighted by Crippen LogP contribution is -2.36. The Morgan fingerprint density at radius 1 is 0.382 bits per heavy atom. The van der Waals surface area contributed by atoms with Gasteiger partial charge in [0.2, 0.25) is 5.95 Å². The molecule has 8 aliphatic rings. The van der Waals surface area contributed by atoms with Crippen LogP contribution in [0, 0.1) is 17.0 Å². The third-order valence-electron chi connectivity index (χ3n) is 25.0. The first-order chi connectivity index (χ1) is 64.0. The number of aromatic carboxylic acids is 1. The Kier molecular flexibility index (Phi) is 29.6. The first-order valence-electron chi connectivity index (χ1n) is 45.7. The van der Waals surface area contributed by atoms with E-state index in [1.807, 2.05) is 19.1 Å². The van der Waals surface area contributed by atoms with E-state index in [0.29, 0.717) is 37.1 Å². The smallest absolute Gasteiger partial charge is 0.337 e. The number of aromatic nitrogens is 14. The van der Waals surface area contributed by atoms with Crippen molar-refractivity contribution in [1.29, 1.82) is 0 Å². The Labute approximate surface area is 759 Å². The molecule has 0 amide bonds. The van der Waals surface area contributed by atoms with Crippen LogP contribution in [-0.4, -0.2) is 245 Å². The van der Waals surface area contributed by atoms with Gasteiger partial charge in [-0.25, -0.2) is 49.7 Å². The summed E-state index contributed by atoms with van der Waals surface area (Å²) in [5.41, 5.74) is 11.9. The first kappa shape index (κ1) is 89.9. The number of nitrogens with zero attached hydrogens (tertiary/aromatic N) is 19. The molecule has 4 saturated carbocycles. The van der Waals surface area contributed by atoms with Gasteiger partial charge in [0, 0.05) is 191 Å². The molecule has 0 spiro atoms. The Bertz CT molecular complexity index is 5570. The number of nitrogens with one attached hydrogen (secondary N) is 4. The predicted octanol–water partition coefficient (Wildman–Crippen LogP) is 13.6. The molecule has 4 aliphatic carbocycles. The molecule has 4 aliphatic heterocycles. The quantitative estimate of drug-likeness (QED) is 0.0256. The zero-order valence-electron chi connectivity index (χ0n) is 74.1. The minimum absolute atomic E-state index is 0.0750. The van der Waals surface area contributed by atoms with Crippen LogP contribution in [0.2, 0.25) is 0 Å². The summed E-state index contributed by atoms with van der Waals surface area (Å²) in [5.74, 6) is 5.00. The number of carbonyl (C=O) groups is 1. The largest absolute Gasteiger partial charge is 0.488 e. The summed E-state index contributed by atoms with van der Waals surface area (Å²) in [5, 5.41) is 43.6. The van der Waals surface area contributed by atoms with Crippen LogP contribution in [-0.2, 0) is 24.5 Å². The van der Waals surface area contributed by atoms with Crippen molar-refractivity contribution in [1.82, 2.24) is 69.8 Å². The van der Waals surface area contributed by atoms with E-state index >= 15 is 0 Å². The third kappa shape index (κ3) is 24.2. The number of morpholine rings is 4. The SMILES string of the molecule is CC(C)(O)c1ccc(NC2CCC(Oc3cc(N4CCOCC4)cc4nccnc34)CC2)nc1.Cc1cnc(NC2CCC(Oc3cc(N4CCOCC4)cc4nccnc34)CC2)cn1.O=C(O)c1ccc(NC2CCC(Oc3cc(N4CCOCC4)cc4nccnc34)CC2)nc1.O=[N+]([O-])c1cnc(NC2CCC(Oc3cc(N4CCOCC4)cc4nccnc34)CC2)nc1. The summed E-state index contributed by atoms with van der Waals surface area (Å²) in [6.45, 7) is 18.2. The monoisotopic (exact) mass is 1780 g/mol. The number of carboxylic acid groups (broad SMARTS) is 1. The molecule has 4 saturated heterocycles. The molecule has 20 rings (SSSR count). The molecule has 12 heterocycles. The van der Waals surface area contributed by atoms with Gasteiger partial charge in [-0.1, -0.05) is 6.07 Å². The fraction of sp³-hybridized carbons (Fsp3) is 0.463. The summed E-state index contributed by atoms with van der Waals surface area (Å²) in [7, 11) is 0. The highest BCUT2D eigenvalue weighted by Crippen LogP contribution is 2.40. The molecule has 0 radical (unpaired) electrons. The second-order valence-electron chi connectivity index (χ2n) is 34.6. The molecule has 8 fully saturated rings. The van der Waals surface area contributed by atoms with Gasteiger partial charge in [-0.3, -0.25) is 35.0 Å². The van der Waals surface area contributed by atoms with E-state index < -0.39 is 16.5 Å². The number of hydrogen-bond donors (Lipinski definition) is 6. The number of ether oxygens (including phenoxy) is 8. The second-order valence-corrected chi connectivity index (χ2v) is 34.6. The van der Waals surface area contributed by atoms with Crippen molar-refractivity contribution >= 4 is 102 Å². The van der Waals surface area contributed by atoms with E-state index in [9.17, 15) is 20.0 Å². The van der Waals surface area contributed by atoms with Crippen LogP contribution in [0.15, 0.2) is 160 Å². The molecule has 8 aromatic heterocycles. The number of anilines is 8. The topological polar surface area (TPSA) is 416 Å². The van der Waals surface area contributed by atoms with Crippen molar-refractivity contribution in [3.63, 3.8) is 0 Å². The number of benzene rings is 4. The van der Waals surface area contributed by atoms with Gasteiger partial charge in [-0.15, -0.1) is 0 Å². The van der Waals surface area contributed by atoms with Crippen LogP contribution in [0.3, 0.4) is 0 Å². The molecule has 4 aromatic carbocycles. The number of fused-ring (bicyclic) bond motifs is 4. The highest BCUT2D eigenvalue weighted by atomic mass is 16.6. The van der Waals surface area contributed by atoms with Crippen LogP contribution in [0.4, 0.5) is 51.8 Å². The van der Waals surface area contributed by atoms with Crippen LogP contribution in [0.25, 0.3) is 44.1 Å². The highest BCUT2D eigenvalue weighted by molar-refractivity contribution is 5.89. The standard InChI is InChI=1S/C26H33N5O3.C24H27N5O4.C23H28N6O2.C22H25N7O4/c1-26(2,32)18-3-8-24(29-17-18)30-19-4-6-21(7-5-19)34-23-16-20(31-11-13-33-14-12-31)15-22-25(23)28-10-9-27-22;30-24(31)16-1-6-22(27-15-16)28-17-2-4-19(5-3-17)33-21-14-18(29-9-11-32-12-10-29)13-20-23(21)26-8-7-25-20;1-16-14-27-22(15-26-16)28-17-2-4-19(5-3-17)31-21-13-18(29-8-10-30-11-9-29)12-20-23(21)25-7-6-24-20;30-29(31)17-13-25-22(26-14-17)27-15-1-3-18(4-2-15)33-20-12-16(28-7-9-32-10-8-28)11-19-21(20)24-6-5-23-19/h3,8-10,15-17,19,21,32H,4-7,11-14H2,1-2H3,(H,29,30);1,6-8,13-15,17,19H,2-5,9-12H2,(H,27,28)(H,30,31);6-7,12-15,17,19H,2-5,8-11H2,1H3,(H,27,28);5-6,11-15,18H,1-4,7-10H2,(H,25,26,27). The average Bonchev–Trinajstić information content (AvgIpc) is 0.803. The Morgan fingerprint density at radius 2 is 0.695 bits per heavy atom. The van der Waals surface area contributed by atoms with E-state index in [-0.39, 0.29) is 47.8 Å². The lowest BCUT2D eigenvalue weighted by Gasteiger charge is -2.31. The summed E-state index contributed by atoms with van der Waals surface area (Å²) >= 11 is 0. The van der Waals surface area contributed by atoms with Crippen molar-refractivity contribution in [2.75, 3.05) is 146 Å². The van der Waals surface area contributed by atoms with Crippen molar-refractivity contribution < 1.29 is 57.8 Å². The number of aliphatic hydroxyl groups is 1. The minimum atomic E-state index is -0.971. The lowest BCUT2D eigenvalue weighted by atomic mass is 9.93. The summed E-state index contributed by atoms with van der Waals surface area (Å²) in [4.78, 5) is 92.2. The minimum Gasteiger partial charge on any atom is -0.488 e. The molecule has 6 N–H and O–H groups in total. The van der Waals surface area contributed by atoms with Gasteiger partial charge >= 0.3 is 11.7 Å². The van der Waals surface area contributed by atoms with E-state index in [4.69, 9.17) is 43.0 Å². The van der Waals surface area contributed by atoms with E-state index in [0.717, 1.165) is 308 Å². The number of nitro groups is 1. The van der Waals surface area contributed by atoms with Gasteiger partial charge in [0.05, 0.1) is 134 Å². The van der Waals surface area contributed by atoms with Gasteiger partial charge < -0.3 is 89.0 Å². The maximum Gasteiger partial charge on any atom is 0.337 e. The molecule has 0 atom stereocenters. The Hall–Kier alpha value is -13.0. The molecule has 686 valence electrons. The molecule has 36 heteroatoms. The van der Waals surface area contributed by atoms with Crippen molar-refractivity contribution in [3.05, 3.63) is 186 Å². The molecular weight excluding hydrogens is 1670 g/mol. The molecular formula is C95H113N23O13. The molecule has 12 aromatic rings. The van der Waals surface area contributed by atoms with Crippen molar-refractivity contribution in [2.24, 2.45) is 0 Å². The molecule has 0 bridgehead atoms. The van der Waals surface area contributed by atoms with Crippen molar-refractivity contribution in [3.8, 4) is 23.0 Å². The predicted molar refractivity (Wildman–Crippen MR) is 498 cm³/mol. The Balaban J connectivity index is 0.000000122. The highest BCUT2D eigenvalue weighted by Gasteiger charge is 2.32. The van der Waals surface area contributed by atoms with E-state index in [2.05, 4.69) is 159 Å². The molecule has 131 heavy (non-hydrogen) atoms. The van der Waals surface area contributed by atoms with E-state index in [1.54, 1.807) is 94.1 Å². The first-order valence-corrected chi connectivity index (χ1v) is 45.7. The van der Waals surface area contributed by atoms with Gasteiger partial charge in [-0.05, 0) is 166 Å². The number of hydrogen-bond acceptors (Lipinski definition) is 34. The van der Waals surface area contributed by atoms with E-state index in [1.165, 1.54) is 18.6 Å². The Morgan fingerprint density at radius 3 is 0.985 bits per heavy atom. The molecule has 36 nitrogen and oxygen atoms in total. The average molecular weight is 1790 g/mol. The van der Waals surface area contributed by atoms with Crippen LogP contribution in [0.5, 0.6) is 23.0 Å².